The van der Waals surface area contributed by atoms with Crippen LogP contribution in [0.3, 0.4) is 0 Å². The van der Waals surface area contributed by atoms with Gasteiger partial charge in [0.2, 0.25) is 5.91 Å². The highest BCUT2D eigenvalue weighted by atomic mass is 16.6. The van der Waals surface area contributed by atoms with Crippen LogP contribution < -0.4 is 10.1 Å². The summed E-state index contributed by atoms with van der Waals surface area (Å²) in [4.78, 5) is 25.2. The monoisotopic (exact) mass is 273 g/mol. The summed E-state index contributed by atoms with van der Waals surface area (Å²) in [6, 6.07) is 7.39. The highest BCUT2D eigenvalue weighted by molar-refractivity contribution is 5.89. The van der Waals surface area contributed by atoms with Gasteiger partial charge in [0.25, 0.3) is 5.69 Å². The predicted octanol–water partition coefficient (Wildman–Crippen LogP) is 2.74. The summed E-state index contributed by atoms with van der Waals surface area (Å²) in [7, 11) is 0. The quantitative estimate of drug-likeness (QED) is 0.682. The summed E-state index contributed by atoms with van der Waals surface area (Å²) in [5.41, 5.74) is 0.126. The minimum Gasteiger partial charge on any atom is -0.455 e. The zero-order chi connectivity index (χ0) is 14.5. The van der Waals surface area contributed by atoms with Gasteiger partial charge in [-0.05, 0) is 12.1 Å². The van der Waals surface area contributed by atoms with Crippen LogP contribution in [0, 0.1) is 10.1 Å². The Morgan fingerprint density at radius 1 is 1.35 bits per heavy atom. The van der Waals surface area contributed by atoms with Gasteiger partial charge in [-0.2, -0.15) is 0 Å². The van der Waals surface area contributed by atoms with Crippen molar-refractivity contribution in [2.24, 2.45) is 0 Å². The number of nitro groups is 1. The third-order valence-corrected chi connectivity index (χ3v) is 2.29. The first-order chi connectivity index (χ1) is 9.54. The molecule has 0 aliphatic carbocycles. The molecule has 1 aromatic carbocycles. The van der Waals surface area contributed by atoms with Crippen LogP contribution in [0.15, 0.2) is 42.7 Å². The molecule has 0 aliphatic heterocycles. The normalized spacial score (nSPS) is 9.85. The number of nitro benzene ring substituents is 1. The third-order valence-electron chi connectivity index (χ3n) is 2.29. The van der Waals surface area contributed by atoms with Crippen molar-refractivity contribution in [1.82, 2.24) is 4.98 Å². The number of ether oxygens (including phenoxy) is 1. The van der Waals surface area contributed by atoms with E-state index < -0.39 is 4.92 Å². The van der Waals surface area contributed by atoms with E-state index in [0.29, 0.717) is 11.4 Å². The maximum absolute atomic E-state index is 11.0. The smallest absolute Gasteiger partial charge is 0.275 e. The summed E-state index contributed by atoms with van der Waals surface area (Å²) in [6.45, 7) is 1.32. The van der Waals surface area contributed by atoms with Crippen molar-refractivity contribution in [2.75, 3.05) is 5.32 Å². The molecule has 0 saturated heterocycles. The molecule has 2 aromatic rings. The summed E-state index contributed by atoms with van der Waals surface area (Å²) < 4.78 is 5.47. The number of benzene rings is 1. The third kappa shape index (κ3) is 3.52. The Bertz CT molecular complexity index is 643. The van der Waals surface area contributed by atoms with Crippen molar-refractivity contribution >= 4 is 17.3 Å². The predicted molar refractivity (Wildman–Crippen MR) is 71.7 cm³/mol. The average Bonchev–Trinajstić information content (AvgIpc) is 2.38. The van der Waals surface area contributed by atoms with Gasteiger partial charge in [0.15, 0.2) is 0 Å². The molecule has 1 amide bonds. The maximum atomic E-state index is 11.0. The van der Waals surface area contributed by atoms with E-state index in [9.17, 15) is 14.9 Å². The van der Waals surface area contributed by atoms with Crippen LogP contribution in [-0.2, 0) is 4.79 Å². The van der Waals surface area contributed by atoms with Crippen LogP contribution >= 0.6 is 0 Å². The Hall–Kier alpha value is -2.96. The first-order valence-electron chi connectivity index (χ1n) is 5.69. The van der Waals surface area contributed by atoms with Crippen LogP contribution in [0.1, 0.15) is 6.92 Å². The SMILES string of the molecule is CC(=O)Nc1cc(Oc2cccnc2)cc([N+](=O)[O-])c1. The summed E-state index contributed by atoms with van der Waals surface area (Å²) in [6.07, 6.45) is 3.07. The van der Waals surface area contributed by atoms with Gasteiger partial charge in [0, 0.05) is 25.3 Å². The van der Waals surface area contributed by atoms with E-state index in [0.717, 1.165) is 0 Å². The fourth-order valence-corrected chi connectivity index (χ4v) is 1.57. The van der Waals surface area contributed by atoms with E-state index in [1.54, 1.807) is 18.3 Å². The molecule has 0 atom stereocenters. The van der Waals surface area contributed by atoms with Gasteiger partial charge in [-0.3, -0.25) is 19.9 Å². The molecule has 1 aromatic heterocycles. The number of carbonyl (C=O) groups excluding carboxylic acids is 1. The molecule has 1 N–H and O–H groups in total. The molecule has 0 aliphatic rings. The Kier molecular flexibility index (Phi) is 3.90. The van der Waals surface area contributed by atoms with E-state index in [4.69, 9.17) is 4.74 Å². The van der Waals surface area contributed by atoms with Crippen molar-refractivity contribution in [3.8, 4) is 11.5 Å². The number of amides is 1. The van der Waals surface area contributed by atoms with Gasteiger partial charge in [-0.1, -0.05) is 0 Å². The summed E-state index contributed by atoms with van der Waals surface area (Å²) >= 11 is 0. The summed E-state index contributed by atoms with van der Waals surface area (Å²) in [5, 5.41) is 13.4. The molecular formula is C13H11N3O4. The van der Waals surface area contributed by atoms with Crippen molar-refractivity contribution in [2.45, 2.75) is 6.92 Å². The standard InChI is InChI=1S/C13H11N3O4/c1-9(17)15-10-5-11(16(18)19)7-13(6-10)20-12-3-2-4-14-8-12/h2-8H,1H3,(H,15,17). The number of nitrogens with one attached hydrogen (secondary N) is 1. The minimum absolute atomic E-state index is 0.171. The largest absolute Gasteiger partial charge is 0.455 e. The van der Waals surface area contributed by atoms with E-state index in [2.05, 4.69) is 10.3 Å². The molecule has 7 nitrogen and oxygen atoms in total. The van der Waals surface area contributed by atoms with Crippen LogP contribution in [0.4, 0.5) is 11.4 Å². The Labute approximate surface area is 114 Å². The van der Waals surface area contributed by atoms with Gasteiger partial charge in [-0.25, -0.2) is 0 Å². The molecule has 0 unspecified atom stereocenters. The molecule has 0 fully saturated rings. The number of nitrogens with zero attached hydrogens (tertiary/aromatic N) is 2. The van der Waals surface area contributed by atoms with Crippen molar-refractivity contribution in [3.05, 3.63) is 52.8 Å². The number of hydrogen-bond acceptors (Lipinski definition) is 5. The van der Waals surface area contributed by atoms with Crippen LogP contribution in [0.2, 0.25) is 0 Å². The minimum atomic E-state index is -0.554. The highest BCUT2D eigenvalue weighted by Gasteiger charge is 2.12. The number of non-ortho nitro benzene ring substituents is 1. The van der Waals surface area contributed by atoms with Gasteiger partial charge >= 0.3 is 0 Å². The Morgan fingerprint density at radius 2 is 2.15 bits per heavy atom. The number of aromatic nitrogens is 1. The van der Waals surface area contributed by atoms with Crippen molar-refractivity contribution in [3.63, 3.8) is 0 Å². The fraction of sp³-hybridized carbons (Fsp3) is 0.0769. The lowest BCUT2D eigenvalue weighted by atomic mass is 10.2. The van der Waals surface area contributed by atoms with Crippen LogP contribution in [-0.4, -0.2) is 15.8 Å². The van der Waals surface area contributed by atoms with Crippen molar-refractivity contribution in [1.29, 1.82) is 0 Å². The lowest BCUT2D eigenvalue weighted by Crippen LogP contribution is -2.06. The fourth-order valence-electron chi connectivity index (χ4n) is 1.57. The second-order valence-electron chi connectivity index (χ2n) is 3.94. The van der Waals surface area contributed by atoms with Crippen LogP contribution in [0.25, 0.3) is 0 Å². The first kappa shape index (κ1) is 13.5. The Balaban J connectivity index is 2.34. The topological polar surface area (TPSA) is 94.4 Å². The molecule has 102 valence electrons. The zero-order valence-corrected chi connectivity index (χ0v) is 10.6. The molecule has 0 radical (unpaired) electrons. The molecule has 0 spiro atoms. The second-order valence-corrected chi connectivity index (χ2v) is 3.94. The number of carbonyl (C=O) groups is 1. The molecular weight excluding hydrogens is 262 g/mol. The first-order valence-corrected chi connectivity index (χ1v) is 5.69. The second kappa shape index (κ2) is 5.79. The van der Waals surface area contributed by atoms with E-state index in [1.165, 1.54) is 31.3 Å². The number of pyridine rings is 1. The molecule has 7 heteroatoms. The number of anilines is 1. The lowest BCUT2D eigenvalue weighted by molar-refractivity contribution is -0.384. The van der Waals surface area contributed by atoms with Gasteiger partial charge in [0.1, 0.15) is 11.5 Å². The lowest BCUT2D eigenvalue weighted by Gasteiger charge is -2.08. The highest BCUT2D eigenvalue weighted by Crippen LogP contribution is 2.29. The Morgan fingerprint density at radius 3 is 2.75 bits per heavy atom. The zero-order valence-electron chi connectivity index (χ0n) is 10.6. The summed E-state index contributed by atoms with van der Waals surface area (Å²) in [5.74, 6) is 0.371. The number of hydrogen-bond donors (Lipinski definition) is 1. The number of rotatable bonds is 4. The molecule has 0 saturated carbocycles. The molecule has 2 rings (SSSR count). The average molecular weight is 273 g/mol. The van der Waals surface area contributed by atoms with E-state index >= 15 is 0 Å². The van der Waals surface area contributed by atoms with Crippen LogP contribution in [0.5, 0.6) is 11.5 Å². The van der Waals surface area contributed by atoms with E-state index in [1.807, 2.05) is 0 Å². The maximum Gasteiger partial charge on any atom is 0.275 e. The van der Waals surface area contributed by atoms with E-state index in [-0.39, 0.29) is 17.3 Å². The van der Waals surface area contributed by atoms with Gasteiger partial charge in [-0.15, -0.1) is 0 Å². The molecule has 20 heavy (non-hydrogen) atoms. The van der Waals surface area contributed by atoms with Crippen molar-refractivity contribution < 1.29 is 14.5 Å². The molecule has 0 bridgehead atoms. The molecule has 1 heterocycles. The van der Waals surface area contributed by atoms with Gasteiger partial charge < -0.3 is 10.1 Å². The van der Waals surface area contributed by atoms with Gasteiger partial charge in [0.05, 0.1) is 22.9 Å².